The number of methoxy groups -OCH3 is 2. The summed E-state index contributed by atoms with van der Waals surface area (Å²) in [4.78, 5) is 14.7. The van der Waals surface area contributed by atoms with E-state index in [1.54, 1.807) is 25.2 Å². The van der Waals surface area contributed by atoms with E-state index in [1.165, 1.54) is 0 Å². The van der Waals surface area contributed by atoms with Crippen LogP contribution in [0.15, 0.2) is 34.8 Å². The highest BCUT2D eigenvalue weighted by molar-refractivity contribution is 9.10. The Bertz CT molecular complexity index is 806. The molecule has 0 saturated heterocycles. The van der Waals surface area contributed by atoms with Crippen LogP contribution in [-0.2, 0) is 19.6 Å². The first-order valence-electron chi connectivity index (χ1n) is 7.99. The number of amides is 1. The summed E-state index contributed by atoms with van der Waals surface area (Å²) in [5.74, 6) is 1.38. The first-order valence-corrected chi connectivity index (χ1v) is 8.79. The standard InChI is InChI=1S/C19H20BrNO4/c1-24-14-4-3-13(18(9-14)25-2)10-21-6-5-15-16(19(21)23)7-12(11-22)8-17(15)20/h3-4,7-9,22H,5-6,10-11H2,1-2H3. The summed E-state index contributed by atoms with van der Waals surface area (Å²) in [5.41, 5.74) is 3.30. The van der Waals surface area contributed by atoms with Gasteiger partial charge in [-0.3, -0.25) is 4.79 Å². The van der Waals surface area contributed by atoms with Crippen LogP contribution in [0.3, 0.4) is 0 Å². The second-order valence-corrected chi connectivity index (χ2v) is 6.77. The molecule has 25 heavy (non-hydrogen) atoms. The number of carbonyl (C=O) groups is 1. The third-order valence-corrected chi connectivity index (χ3v) is 5.15. The summed E-state index contributed by atoms with van der Waals surface area (Å²) in [6.45, 7) is 1.01. The Hall–Kier alpha value is -2.05. The molecule has 0 aliphatic carbocycles. The highest BCUT2D eigenvalue weighted by Gasteiger charge is 2.27. The maximum absolute atomic E-state index is 12.9. The largest absolute Gasteiger partial charge is 0.497 e. The lowest BCUT2D eigenvalue weighted by Gasteiger charge is -2.30. The maximum Gasteiger partial charge on any atom is 0.254 e. The van der Waals surface area contributed by atoms with E-state index in [2.05, 4.69) is 15.9 Å². The van der Waals surface area contributed by atoms with Gasteiger partial charge in [0.05, 0.1) is 20.8 Å². The summed E-state index contributed by atoms with van der Waals surface area (Å²) in [5, 5.41) is 9.39. The Balaban J connectivity index is 1.89. The Morgan fingerprint density at radius 2 is 2.00 bits per heavy atom. The Kier molecular flexibility index (Phi) is 5.30. The molecule has 1 heterocycles. The van der Waals surface area contributed by atoms with E-state index in [0.717, 1.165) is 27.6 Å². The molecule has 0 fully saturated rings. The topological polar surface area (TPSA) is 59.0 Å². The van der Waals surface area contributed by atoms with Gasteiger partial charge in [0.15, 0.2) is 0 Å². The third-order valence-electron chi connectivity index (χ3n) is 4.44. The third kappa shape index (κ3) is 3.50. The van der Waals surface area contributed by atoms with E-state index in [4.69, 9.17) is 9.47 Å². The molecule has 132 valence electrons. The van der Waals surface area contributed by atoms with Gasteiger partial charge in [-0.05, 0) is 41.8 Å². The molecule has 2 aromatic carbocycles. The number of carbonyl (C=O) groups excluding carboxylic acids is 1. The maximum atomic E-state index is 12.9. The van der Waals surface area contributed by atoms with Crippen molar-refractivity contribution in [3.05, 3.63) is 57.1 Å². The number of aliphatic hydroxyl groups excluding tert-OH is 1. The number of halogens is 1. The van der Waals surface area contributed by atoms with Crippen LogP contribution in [0.2, 0.25) is 0 Å². The second-order valence-electron chi connectivity index (χ2n) is 5.92. The van der Waals surface area contributed by atoms with Crippen molar-refractivity contribution in [2.45, 2.75) is 19.6 Å². The van der Waals surface area contributed by atoms with E-state index in [9.17, 15) is 9.90 Å². The van der Waals surface area contributed by atoms with Gasteiger partial charge in [0.1, 0.15) is 11.5 Å². The van der Waals surface area contributed by atoms with Crippen LogP contribution in [-0.4, -0.2) is 36.7 Å². The van der Waals surface area contributed by atoms with Crippen molar-refractivity contribution >= 4 is 21.8 Å². The Morgan fingerprint density at radius 3 is 2.68 bits per heavy atom. The van der Waals surface area contributed by atoms with E-state index in [-0.39, 0.29) is 12.5 Å². The van der Waals surface area contributed by atoms with Crippen LogP contribution in [0.4, 0.5) is 0 Å². The first kappa shape index (κ1) is 17.8. The molecular weight excluding hydrogens is 386 g/mol. The minimum atomic E-state index is -0.0918. The van der Waals surface area contributed by atoms with Crippen LogP contribution in [0.5, 0.6) is 11.5 Å². The Morgan fingerprint density at radius 1 is 1.20 bits per heavy atom. The quantitative estimate of drug-likeness (QED) is 0.829. The molecule has 3 rings (SSSR count). The van der Waals surface area contributed by atoms with Gasteiger partial charge in [0.25, 0.3) is 5.91 Å². The van der Waals surface area contributed by atoms with E-state index in [0.29, 0.717) is 30.2 Å². The van der Waals surface area contributed by atoms with Crippen LogP contribution in [0.25, 0.3) is 0 Å². The van der Waals surface area contributed by atoms with Crippen LogP contribution >= 0.6 is 15.9 Å². The van der Waals surface area contributed by atoms with Crippen LogP contribution in [0, 0.1) is 0 Å². The summed E-state index contributed by atoms with van der Waals surface area (Å²) < 4.78 is 11.5. The number of hydrogen-bond acceptors (Lipinski definition) is 4. The zero-order valence-electron chi connectivity index (χ0n) is 14.2. The molecule has 6 heteroatoms. The first-order chi connectivity index (χ1) is 12.1. The van der Waals surface area contributed by atoms with Gasteiger partial charge in [-0.25, -0.2) is 0 Å². The van der Waals surface area contributed by atoms with Gasteiger partial charge in [-0.15, -0.1) is 0 Å². The zero-order valence-corrected chi connectivity index (χ0v) is 15.8. The van der Waals surface area contributed by atoms with Gasteiger partial charge < -0.3 is 19.5 Å². The van der Waals surface area contributed by atoms with Gasteiger partial charge in [-0.1, -0.05) is 15.9 Å². The molecule has 0 saturated carbocycles. The van der Waals surface area contributed by atoms with Crippen molar-refractivity contribution in [1.29, 1.82) is 0 Å². The highest BCUT2D eigenvalue weighted by Crippen LogP contribution is 2.31. The number of ether oxygens (including phenoxy) is 2. The molecule has 0 atom stereocenters. The van der Waals surface area contributed by atoms with Gasteiger partial charge in [0, 0.05) is 34.8 Å². The number of fused-ring (bicyclic) bond motifs is 1. The number of nitrogens with zero attached hydrogens (tertiary/aromatic N) is 1. The monoisotopic (exact) mass is 405 g/mol. The predicted molar refractivity (Wildman–Crippen MR) is 98.1 cm³/mol. The molecule has 0 spiro atoms. The second kappa shape index (κ2) is 7.45. The normalized spacial score (nSPS) is 13.6. The zero-order chi connectivity index (χ0) is 18.0. The van der Waals surface area contributed by atoms with Crippen molar-refractivity contribution in [1.82, 2.24) is 4.90 Å². The van der Waals surface area contributed by atoms with Crippen molar-refractivity contribution in [3.8, 4) is 11.5 Å². The molecule has 1 N–H and O–H groups in total. The van der Waals surface area contributed by atoms with Gasteiger partial charge in [-0.2, -0.15) is 0 Å². The SMILES string of the molecule is COc1ccc(CN2CCc3c(Br)cc(CO)cc3C2=O)c(OC)c1. The van der Waals surface area contributed by atoms with E-state index < -0.39 is 0 Å². The number of rotatable bonds is 5. The molecule has 5 nitrogen and oxygen atoms in total. The van der Waals surface area contributed by atoms with E-state index >= 15 is 0 Å². The smallest absolute Gasteiger partial charge is 0.254 e. The van der Waals surface area contributed by atoms with Crippen molar-refractivity contribution in [2.24, 2.45) is 0 Å². The predicted octanol–water partition coefficient (Wildman–Crippen LogP) is 3.16. The minimum Gasteiger partial charge on any atom is -0.497 e. The lowest BCUT2D eigenvalue weighted by molar-refractivity contribution is 0.0725. The van der Waals surface area contributed by atoms with E-state index in [1.807, 2.05) is 24.3 Å². The number of benzene rings is 2. The summed E-state index contributed by atoms with van der Waals surface area (Å²) >= 11 is 3.51. The van der Waals surface area contributed by atoms with Gasteiger partial charge >= 0.3 is 0 Å². The highest BCUT2D eigenvalue weighted by atomic mass is 79.9. The Labute approximate surface area is 155 Å². The fourth-order valence-electron chi connectivity index (χ4n) is 3.09. The lowest BCUT2D eigenvalue weighted by Crippen LogP contribution is -2.37. The lowest BCUT2D eigenvalue weighted by atomic mass is 9.96. The molecule has 1 amide bonds. The summed E-state index contributed by atoms with van der Waals surface area (Å²) in [6, 6.07) is 9.24. The molecule has 0 bridgehead atoms. The number of aliphatic hydroxyl groups is 1. The molecule has 1 aliphatic heterocycles. The number of hydrogen-bond donors (Lipinski definition) is 1. The molecule has 0 aromatic heterocycles. The molecule has 2 aromatic rings. The van der Waals surface area contributed by atoms with Crippen molar-refractivity contribution in [2.75, 3.05) is 20.8 Å². The van der Waals surface area contributed by atoms with Crippen molar-refractivity contribution in [3.63, 3.8) is 0 Å². The van der Waals surface area contributed by atoms with Crippen molar-refractivity contribution < 1.29 is 19.4 Å². The summed E-state index contributed by atoms with van der Waals surface area (Å²) in [7, 11) is 3.21. The molecular formula is C19H20BrNO4. The molecule has 0 radical (unpaired) electrons. The van der Waals surface area contributed by atoms with Gasteiger partial charge in [0.2, 0.25) is 0 Å². The average molecular weight is 406 g/mol. The fraction of sp³-hybridized carbons (Fsp3) is 0.316. The molecule has 0 unspecified atom stereocenters. The summed E-state index contributed by atoms with van der Waals surface area (Å²) in [6.07, 6.45) is 0.770. The van der Waals surface area contributed by atoms with Crippen LogP contribution in [0.1, 0.15) is 27.0 Å². The fourth-order valence-corrected chi connectivity index (χ4v) is 3.79. The van der Waals surface area contributed by atoms with Crippen LogP contribution < -0.4 is 9.47 Å². The molecule has 1 aliphatic rings. The average Bonchev–Trinajstić information content (AvgIpc) is 2.64. The minimum absolute atomic E-state index is 0.0323.